The van der Waals surface area contributed by atoms with Crippen LogP contribution in [0.5, 0.6) is 5.75 Å². The SMILES string of the molecule is CC(C)C[C@H](NC(=O)CNC(=O)c1cc(F)ccc1Br)B(O)Oc1cc(F)cc(C(=O)NCC(=O)N[C@@H](CC(C)C)B2OC(=O)CC(CC(=O)O)(C(=O)O)O2)c1Br. The third-order valence-corrected chi connectivity index (χ3v) is 9.66. The molecule has 1 fully saturated rings. The molecule has 4 amide bonds. The molecule has 0 aromatic heterocycles. The summed E-state index contributed by atoms with van der Waals surface area (Å²) in [5, 5.41) is 39.7. The highest BCUT2D eigenvalue weighted by molar-refractivity contribution is 9.11. The molecule has 1 aliphatic rings. The van der Waals surface area contributed by atoms with E-state index in [-0.39, 0.29) is 46.0 Å². The molecular weight excluding hydrogens is 892 g/mol. The van der Waals surface area contributed by atoms with Gasteiger partial charge in [-0.1, -0.05) is 27.7 Å². The molecule has 2 aromatic carbocycles. The number of hydrogen-bond donors (Lipinski definition) is 7. The van der Waals surface area contributed by atoms with Crippen LogP contribution in [0.2, 0.25) is 0 Å². The summed E-state index contributed by atoms with van der Waals surface area (Å²) in [6.45, 7) is 5.75. The lowest BCUT2D eigenvalue weighted by molar-refractivity contribution is -0.175. The van der Waals surface area contributed by atoms with Crippen LogP contribution < -0.4 is 25.9 Å². The van der Waals surface area contributed by atoms with Crippen molar-refractivity contribution >= 4 is 87.6 Å². The normalized spacial score (nSPS) is 16.3. The van der Waals surface area contributed by atoms with Crippen LogP contribution in [0.15, 0.2) is 39.3 Å². The van der Waals surface area contributed by atoms with E-state index in [4.69, 9.17) is 14.0 Å². The van der Waals surface area contributed by atoms with Gasteiger partial charge in [0.25, 0.3) is 17.8 Å². The van der Waals surface area contributed by atoms with Gasteiger partial charge in [-0.2, -0.15) is 0 Å². The van der Waals surface area contributed by atoms with E-state index >= 15 is 0 Å². The Morgan fingerprint density at radius 3 is 2.05 bits per heavy atom. The van der Waals surface area contributed by atoms with Crippen LogP contribution >= 0.6 is 31.9 Å². The molecule has 1 saturated heterocycles. The molecule has 1 unspecified atom stereocenters. The largest absolute Gasteiger partial charge is 0.552 e. The van der Waals surface area contributed by atoms with Crippen molar-refractivity contribution in [1.82, 2.24) is 21.3 Å². The summed E-state index contributed by atoms with van der Waals surface area (Å²) in [5.41, 5.74) is -2.89. The van der Waals surface area contributed by atoms with Crippen LogP contribution in [-0.4, -0.2) is 102 Å². The first-order valence-electron chi connectivity index (χ1n) is 17.4. The summed E-state index contributed by atoms with van der Waals surface area (Å²) < 4.78 is 44.8. The second kappa shape index (κ2) is 20.7. The van der Waals surface area contributed by atoms with Crippen molar-refractivity contribution in [3.63, 3.8) is 0 Å². The first-order chi connectivity index (χ1) is 26.6. The minimum Gasteiger partial charge on any atom is -0.534 e. The van der Waals surface area contributed by atoms with Crippen molar-refractivity contribution in [1.29, 1.82) is 0 Å². The lowest BCUT2D eigenvalue weighted by atomic mass is 9.70. The zero-order chi connectivity index (χ0) is 42.8. The molecule has 1 aliphatic heterocycles. The molecule has 0 spiro atoms. The summed E-state index contributed by atoms with van der Waals surface area (Å²) in [6.07, 6.45) is -1.74. The molecule has 0 bridgehead atoms. The lowest BCUT2D eigenvalue weighted by Crippen LogP contribution is -2.61. The van der Waals surface area contributed by atoms with Crippen LogP contribution in [0.25, 0.3) is 0 Å². The maximum absolute atomic E-state index is 14.8. The number of amides is 4. The van der Waals surface area contributed by atoms with Crippen LogP contribution in [-0.2, 0) is 33.3 Å². The Kier molecular flexibility index (Phi) is 17.0. The third kappa shape index (κ3) is 13.8. The van der Waals surface area contributed by atoms with Gasteiger partial charge in [0.1, 0.15) is 17.4 Å². The molecule has 2 aromatic rings. The number of carbonyl (C=O) groups is 7. The quantitative estimate of drug-likeness (QED) is 0.100. The summed E-state index contributed by atoms with van der Waals surface area (Å²) in [7, 11) is -3.51. The Hall–Kier alpha value is -4.60. The van der Waals surface area contributed by atoms with Crippen molar-refractivity contribution in [2.24, 2.45) is 11.8 Å². The standard InChI is InChI=1S/C34H40B2Br2F2N4O13/c1-16(2)7-24(43-26(45)14-41-31(50)20-9-18(39)5-6-22(20)37)35(54)55-23-11-19(40)10-21(30(23)38)32(51)42-15-27(46)44-25(8-17(3)4)36-56-29(49)13-34(57-36,33(52)53)12-28(47)48/h5-6,9-11,16-17,24-25,54H,7-8,12-15H2,1-4H3,(H,41,50)(H,42,51)(H,43,45)(H,44,46)(H,47,48)(H,52,53)/t24-,25-,34?/m0/s1. The van der Waals surface area contributed by atoms with E-state index in [0.29, 0.717) is 4.47 Å². The fraction of sp³-hybridized carbons (Fsp3) is 0.441. The van der Waals surface area contributed by atoms with E-state index in [2.05, 4.69) is 53.1 Å². The van der Waals surface area contributed by atoms with Crippen molar-refractivity contribution in [3.8, 4) is 5.75 Å². The number of nitrogens with one attached hydrogen (secondary N) is 4. The topological polar surface area (TPSA) is 256 Å². The zero-order valence-electron chi connectivity index (χ0n) is 31.0. The van der Waals surface area contributed by atoms with E-state index in [0.717, 1.165) is 24.3 Å². The van der Waals surface area contributed by atoms with Crippen LogP contribution in [0.1, 0.15) is 74.1 Å². The molecule has 0 aliphatic carbocycles. The van der Waals surface area contributed by atoms with E-state index in [1.54, 1.807) is 27.7 Å². The van der Waals surface area contributed by atoms with Gasteiger partial charge in [0.15, 0.2) is 5.60 Å². The maximum atomic E-state index is 14.8. The van der Waals surface area contributed by atoms with Gasteiger partial charge in [0.2, 0.25) is 11.8 Å². The third-order valence-electron chi connectivity index (χ3n) is 8.15. The monoisotopic (exact) mass is 930 g/mol. The maximum Gasteiger partial charge on any atom is 0.552 e. The van der Waals surface area contributed by atoms with Gasteiger partial charge in [0.05, 0.1) is 53.4 Å². The average Bonchev–Trinajstić information content (AvgIpc) is 3.10. The molecule has 308 valence electrons. The average molecular weight is 932 g/mol. The summed E-state index contributed by atoms with van der Waals surface area (Å²) in [4.78, 5) is 87.3. The number of aliphatic carboxylic acids is 2. The number of carboxylic acid groups (broad SMARTS) is 2. The van der Waals surface area contributed by atoms with Gasteiger partial charge in [-0.15, -0.1) is 0 Å². The number of carbonyl (C=O) groups excluding carboxylic acids is 5. The first-order valence-corrected chi connectivity index (χ1v) is 19.0. The predicted molar refractivity (Wildman–Crippen MR) is 204 cm³/mol. The minimum absolute atomic E-state index is 0.0545. The molecule has 23 heteroatoms. The summed E-state index contributed by atoms with van der Waals surface area (Å²) in [6, 6.07) is 5.11. The Labute approximate surface area is 342 Å². The molecule has 0 radical (unpaired) electrons. The fourth-order valence-corrected chi connectivity index (χ4v) is 6.56. The van der Waals surface area contributed by atoms with Crippen LogP contribution in [0, 0.1) is 23.5 Å². The zero-order valence-corrected chi connectivity index (χ0v) is 34.2. The highest BCUT2D eigenvalue weighted by Crippen LogP contribution is 2.32. The van der Waals surface area contributed by atoms with Gasteiger partial charge >= 0.3 is 26.2 Å². The summed E-state index contributed by atoms with van der Waals surface area (Å²) >= 11 is 6.30. The van der Waals surface area contributed by atoms with Crippen LogP contribution in [0.3, 0.4) is 0 Å². The molecule has 3 atom stereocenters. The Bertz CT molecular complexity index is 1880. The first kappa shape index (κ1) is 46.8. The van der Waals surface area contributed by atoms with E-state index < -0.39 is 111 Å². The molecule has 1 heterocycles. The lowest BCUT2D eigenvalue weighted by Gasteiger charge is -2.37. The summed E-state index contributed by atoms with van der Waals surface area (Å²) in [5.74, 6) is -12.3. The molecule has 7 N–H and O–H groups in total. The number of hydrogen-bond acceptors (Lipinski definition) is 11. The molecule has 3 rings (SSSR count). The van der Waals surface area contributed by atoms with Crippen molar-refractivity contribution in [3.05, 3.63) is 62.0 Å². The molecule has 17 nitrogen and oxygen atoms in total. The highest BCUT2D eigenvalue weighted by atomic mass is 79.9. The van der Waals surface area contributed by atoms with Gasteiger partial charge < -0.3 is 50.5 Å². The van der Waals surface area contributed by atoms with Gasteiger partial charge in [-0.25, -0.2) is 13.6 Å². The number of halogens is 4. The van der Waals surface area contributed by atoms with E-state index in [1.165, 1.54) is 6.07 Å². The Morgan fingerprint density at radius 2 is 1.47 bits per heavy atom. The number of benzene rings is 2. The van der Waals surface area contributed by atoms with E-state index in [9.17, 15) is 57.6 Å². The Morgan fingerprint density at radius 1 is 0.895 bits per heavy atom. The number of carboxylic acids is 2. The van der Waals surface area contributed by atoms with Crippen LogP contribution in [0.4, 0.5) is 8.78 Å². The van der Waals surface area contributed by atoms with Crippen molar-refractivity contribution in [2.45, 2.75) is 70.9 Å². The predicted octanol–water partition coefficient (Wildman–Crippen LogP) is 2.40. The Balaban J connectivity index is 1.69. The second-order valence-corrected chi connectivity index (χ2v) is 15.5. The van der Waals surface area contributed by atoms with Crippen molar-refractivity contribution in [2.75, 3.05) is 13.1 Å². The molecular formula is C34H40B2Br2F2N4O13. The smallest absolute Gasteiger partial charge is 0.534 e. The highest BCUT2D eigenvalue weighted by Gasteiger charge is 2.54. The fourth-order valence-electron chi connectivity index (χ4n) is 5.63. The van der Waals surface area contributed by atoms with Gasteiger partial charge in [0, 0.05) is 10.5 Å². The minimum atomic E-state index is -2.46. The molecule has 57 heavy (non-hydrogen) atoms. The number of rotatable bonds is 19. The van der Waals surface area contributed by atoms with Gasteiger partial charge in [-0.05, 0) is 80.8 Å². The van der Waals surface area contributed by atoms with Gasteiger partial charge in [-0.3, -0.25) is 28.8 Å². The van der Waals surface area contributed by atoms with E-state index in [1.807, 2.05) is 0 Å². The molecule has 0 saturated carbocycles. The van der Waals surface area contributed by atoms with Crippen molar-refractivity contribution < 1.29 is 71.5 Å². The second-order valence-electron chi connectivity index (χ2n) is 13.9.